The lowest BCUT2D eigenvalue weighted by atomic mass is 10.2. The Hall–Kier alpha value is -0.850. The quantitative estimate of drug-likeness (QED) is 0.574. The predicted molar refractivity (Wildman–Crippen MR) is 64.5 cm³/mol. The van der Waals surface area contributed by atoms with Gasteiger partial charge in [0.05, 0.1) is 10.5 Å². The highest BCUT2D eigenvalue weighted by Gasteiger charge is 2.46. The molecule has 0 atom stereocenters. The molecule has 0 spiro atoms. The van der Waals surface area contributed by atoms with Gasteiger partial charge in [-0.25, -0.2) is 18.7 Å². The Kier molecular flexibility index (Phi) is 3.77. The van der Waals surface area contributed by atoms with Crippen LogP contribution in [0.2, 0.25) is 15.2 Å². The molecule has 2 aromatic rings. The van der Waals surface area contributed by atoms with Crippen LogP contribution >= 0.6 is 34.8 Å². The van der Waals surface area contributed by atoms with Crippen LogP contribution in [0.3, 0.4) is 0 Å². The summed E-state index contributed by atoms with van der Waals surface area (Å²) in [5.41, 5.74) is -0.165. The van der Waals surface area contributed by atoms with E-state index in [1.54, 1.807) is 0 Å². The highest BCUT2D eigenvalue weighted by Crippen LogP contribution is 2.36. The molecule has 0 amide bonds. The molecule has 0 bridgehead atoms. The van der Waals surface area contributed by atoms with E-state index in [1.165, 1.54) is 12.1 Å². The van der Waals surface area contributed by atoms with Crippen LogP contribution in [0.15, 0.2) is 12.1 Å². The third-order valence-corrected chi connectivity index (χ3v) is 3.04. The van der Waals surface area contributed by atoms with Crippen molar-refractivity contribution in [2.75, 3.05) is 0 Å². The first-order valence-electron chi connectivity index (χ1n) is 4.72. The fourth-order valence-electron chi connectivity index (χ4n) is 1.37. The SMILES string of the molecule is FC(F)C(F)(F)c1nc(Cl)c2cc(Cl)cc(Cl)c2n1. The van der Waals surface area contributed by atoms with Gasteiger partial charge in [-0.1, -0.05) is 34.8 Å². The Labute approximate surface area is 119 Å². The number of nitrogens with zero attached hydrogens (tertiary/aromatic N) is 2. The highest BCUT2D eigenvalue weighted by molar-refractivity contribution is 6.40. The second-order valence-electron chi connectivity index (χ2n) is 3.55. The van der Waals surface area contributed by atoms with E-state index in [9.17, 15) is 17.6 Å². The summed E-state index contributed by atoms with van der Waals surface area (Å²) < 4.78 is 50.9. The third-order valence-electron chi connectivity index (χ3n) is 2.24. The van der Waals surface area contributed by atoms with E-state index in [-0.39, 0.29) is 20.9 Å². The topological polar surface area (TPSA) is 25.8 Å². The number of benzene rings is 1. The minimum atomic E-state index is -4.51. The van der Waals surface area contributed by atoms with Gasteiger partial charge in [-0.3, -0.25) is 0 Å². The summed E-state index contributed by atoms with van der Waals surface area (Å²) in [5.74, 6) is -5.90. The Morgan fingerprint density at radius 2 is 1.68 bits per heavy atom. The summed E-state index contributed by atoms with van der Waals surface area (Å²) in [6.07, 6.45) is -3.95. The van der Waals surface area contributed by atoms with Gasteiger partial charge >= 0.3 is 12.3 Å². The normalized spacial score (nSPS) is 12.4. The van der Waals surface area contributed by atoms with Gasteiger partial charge in [-0.2, -0.15) is 8.78 Å². The van der Waals surface area contributed by atoms with Gasteiger partial charge in [-0.05, 0) is 12.1 Å². The van der Waals surface area contributed by atoms with Crippen LogP contribution in [0.4, 0.5) is 17.6 Å². The van der Waals surface area contributed by atoms with Crippen LogP contribution < -0.4 is 0 Å². The van der Waals surface area contributed by atoms with Gasteiger partial charge in [0.1, 0.15) is 5.15 Å². The fraction of sp³-hybridized carbons (Fsp3) is 0.200. The molecule has 0 aliphatic heterocycles. The number of halogens is 7. The number of fused-ring (bicyclic) bond motifs is 1. The highest BCUT2D eigenvalue weighted by atomic mass is 35.5. The van der Waals surface area contributed by atoms with Crippen LogP contribution in [-0.4, -0.2) is 16.4 Å². The molecule has 0 aliphatic carbocycles. The Morgan fingerprint density at radius 1 is 1.05 bits per heavy atom. The predicted octanol–water partition coefficient (Wildman–Crippen LogP) is 4.95. The molecule has 1 aromatic carbocycles. The summed E-state index contributed by atoms with van der Waals surface area (Å²) >= 11 is 17.1. The summed E-state index contributed by atoms with van der Waals surface area (Å²) in [6.45, 7) is 0. The Morgan fingerprint density at radius 3 is 2.26 bits per heavy atom. The maximum absolute atomic E-state index is 13.2. The van der Waals surface area contributed by atoms with E-state index in [0.717, 1.165) is 0 Å². The molecule has 0 saturated heterocycles. The van der Waals surface area contributed by atoms with E-state index >= 15 is 0 Å². The van der Waals surface area contributed by atoms with Gasteiger partial charge in [0, 0.05) is 10.4 Å². The van der Waals surface area contributed by atoms with Crippen molar-refractivity contribution in [3.8, 4) is 0 Å². The molecule has 0 fully saturated rings. The van der Waals surface area contributed by atoms with Gasteiger partial charge in [-0.15, -0.1) is 0 Å². The van der Waals surface area contributed by atoms with Gasteiger partial charge < -0.3 is 0 Å². The molecule has 1 heterocycles. The minimum Gasteiger partial charge on any atom is -0.225 e. The Balaban J connectivity index is 2.76. The largest absolute Gasteiger partial charge is 0.365 e. The molecule has 102 valence electrons. The van der Waals surface area contributed by atoms with E-state index in [4.69, 9.17) is 34.8 Å². The molecular weight excluding hydrogens is 330 g/mol. The fourth-order valence-corrected chi connectivity index (χ4v) is 2.13. The maximum Gasteiger partial charge on any atom is 0.365 e. The smallest absolute Gasteiger partial charge is 0.225 e. The van der Waals surface area contributed by atoms with Gasteiger partial charge in [0.25, 0.3) is 0 Å². The number of aromatic nitrogens is 2. The van der Waals surface area contributed by atoms with Gasteiger partial charge in [0.2, 0.25) is 5.82 Å². The van der Waals surface area contributed by atoms with E-state index < -0.39 is 23.3 Å². The lowest BCUT2D eigenvalue weighted by Crippen LogP contribution is -2.26. The molecule has 1 aromatic heterocycles. The van der Waals surface area contributed by atoms with Crippen LogP contribution in [0.5, 0.6) is 0 Å². The molecule has 0 unspecified atom stereocenters. The molecule has 0 N–H and O–H groups in total. The second-order valence-corrected chi connectivity index (χ2v) is 4.75. The number of hydrogen-bond donors (Lipinski definition) is 0. The first kappa shape index (κ1) is 14.6. The van der Waals surface area contributed by atoms with Crippen LogP contribution in [0, 0.1) is 0 Å². The van der Waals surface area contributed by atoms with Crippen molar-refractivity contribution in [2.24, 2.45) is 0 Å². The maximum atomic E-state index is 13.2. The average molecular weight is 333 g/mol. The standard InChI is InChI=1S/C10H3Cl3F4N2/c11-3-1-4-6(5(12)2-3)18-9(19-7(4)13)10(16,17)8(14)15/h1-2,8H. The van der Waals surface area contributed by atoms with Crippen molar-refractivity contribution < 1.29 is 17.6 Å². The molecule has 2 nitrogen and oxygen atoms in total. The molecule has 0 saturated carbocycles. The molecule has 0 aliphatic rings. The molecule has 19 heavy (non-hydrogen) atoms. The van der Waals surface area contributed by atoms with Crippen molar-refractivity contribution in [3.63, 3.8) is 0 Å². The zero-order chi connectivity index (χ0) is 14.4. The number of rotatable bonds is 2. The second kappa shape index (κ2) is 4.92. The molecule has 9 heteroatoms. The van der Waals surface area contributed by atoms with Crippen molar-refractivity contribution in [1.82, 2.24) is 9.97 Å². The molecular formula is C10H3Cl3F4N2. The number of hydrogen-bond acceptors (Lipinski definition) is 2. The van der Waals surface area contributed by atoms with E-state index in [2.05, 4.69) is 9.97 Å². The summed E-state index contributed by atoms with van der Waals surface area (Å²) in [7, 11) is 0. The van der Waals surface area contributed by atoms with E-state index in [0.29, 0.717) is 0 Å². The summed E-state index contributed by atoms with van der Waals surface area (Å²) in [4.78, 5) is 6.54. The van der Waals surface area contributed by atoms with Crippen molar-refractivity contribution in [2.45, 2.75) is 12.3 Å². The van der Waals surface area contributed by atoms with Crippen molar-refractivity contribution >= 4 is 45.7 Å². The lowest BCUT2D eigenvalue weighted by Gasteiger charge is -2.14. The summed E-state index contributed by atoms with van der Waals surface area (Å²) in [6, 6.07) is 2.54. The molecule has 0 radical (unpaired) electrons. The van der Waals surface area contributed by atoms with Crippen LogP contribution in [-0.2, 0) is 5.92 Å². The van der Waals surface area contributed by atoms with E-state index in [1.807, 2.05) is 0 Å². The first-order valence-corrected chi connectivity index (χ1v) is 5.85. The Bertz CT molecular complexity index is 648. The van der Waals surface area contributed by atoms with Crippen LogP contribution in [0.1, 0.15) is 5.82 Å². The van der Waals surface area contributed by atoms with Crippen molar-refractivity contribution in [3.05, 3.63) is 33.2 Å². The zero-order valence-corrected chi connectivity index (χ0v) is 11.0. The average Bonchev–Trinajstić information content (AvgIpc) is 2.29. The minimum absolute atomic E-state index is 0.0851. The number of alkyl halides is 4. The third kappa shape index (κ3) is 2.57. The summed E-state index contributed by atoms with van der Waals surface area (Å²) in [5, 5.41) is -0.216. The van der Waals surface area contributed by atoms with Gasteiger partial charge in [0.15, 0.2) is 0 Å². The lowest BCUT2D eigenvalue weighted by molar-refractivity contribution is -0.140. The molecule has 2 rings (SSSR count). The van der Waals surface area contributed by atoms with Crippen molar-refractivity contribution in [1.29, 1.82) is 0 Å². The van der Waals surface area contributed by atoms with Crippen LogP contribution in [0.25, 0.3) is 10.9 Å². The first-order chi connectivity index (χ1) is 8.73. The monoisotopic (exact) mass is 332 g/mol. The zero-order valence-electron chi connectivity index (χ0n) is 8.77.